The summed E-state index contributed by atoms with van der Waals surface area (Å²) in [5, 5.41) is 1.35. The van der Waals surface area contributed by atoms with E-state index in [9.17, 15) is 0 Å². The lowest BCUT2D eigenvalue weighted by atomic mass is 10.2. The summed E-state index contributed by atoms with van der Waals surface area (Å²) in [6, 6.07) is 19.2. The molecule has 0 atom stereocenters. The van der Waals surface area contributed by atoms with E-state index in [0.717, 1.165) is 12.3 Å². The van der Waals surface area contributed by atoms with E-state index in [2.05, 4.69) is 84.4 Å². The quantitative estimate of drug-likeness (QED) is 0.453. The summed E-state index contributed by atoms with van der Waals surface area (Å²) in [7, 11) is 4.26. The van der Waals surface area contributed by atoms with Gasteiger partial charge in [-0.25, -0.2) is 0 Å². The van der Waals surface area contributed by atoms with Gasteiger partial charge in [-0.3, -0.25) is 0 Å². The highest BCUT2D eigenvalue weighted by molar-refractivity contribution is 7.99. The van der Waals surface area contributed by atoms with Gasteiger partial charge < -0.3 is 9.47 Å². The lowest BCUT2D eigenvalue weighted by Gasteiger charge is -2.08. The van der Waals surface area contributed by atoms with Crippen molar-refractivity contribution in [2.45, 2.75) is 11.3 Å². The van der Waals surface area contributed by atoms with Crippen molar-refractivity contribution in [1.82, 2.24) is 9.47 Å². The number of nitrogens with zero attached hydrogens (tertiary/aromatic N) is 2. The zero-order valence-electron chi connectivity index (χ0n) is 13.6. The lowest BCUT2D eigenvalue weighted by Crippen LogP contribution is -2.13. The Kier molecular flexibility index (Phi) is 6.58. The zero-order chi connectivity index (χ0) is 15.4. The number of fused-ring (bicyclic) bond motifs is 1. The van der Waals surface area contributed by atoms with Crippen LogP contribution in [0, 0.1) is 0 Å². The molecule has 0 fully saturated rings. The molecule has 0 bridgehead atoms. The molecule has 3 rings (SSSR count). The molecule has 0 unspecified atom stereocenters. The molecule has 0 saturated carbocycles. The minimum Gasteiger partial charge on any atom is -0.315 e. The summed E-state index contributed by atoms with van der Waals surface area (Å²) < 4.78 is 2.30. The minimum atomic E-state index is 0. The second-order valence-corrected chi connectivity index (χ2v) is 6.86. The number of rotatable bonds is 6. The van der Waals surface area contributed by atoms with Crippen LogP contribution < -0.4 is 0 Å². The summed E-state index contributed by atoms with van der Waals surface area (Å²) in [5.41, 5.74) is 2.50. The number of hydrogen-bond donors (Lipinski definition) is 0. The molecule has 0 N–H and O–H groups in total. The van der Waals surface area contributed by atoms with E-state index in [4.69, 9.17) is 0 Å². The monoisotopic (exact) mass is 346 g/mol. The van der Waals surface area contributed by atoms with Crippen LogP contribution in [0.2, 0.25) is 0 Å². The van der Waals surface area contributed by atoms with Crippen LogP contribution in [0.4, 0.5) is 0 Å². The van der Waals surface area contributed by atoms with Gasteiger partial charge in [0.25, 0.3) is 0 Å². The van der Waals surface area contributed by atoms with Crippen LogP contribution >= 0.6 is 24.2 Å². The summed E-state index contributed by atoms with van der Waals surface area (Å²) in [5.74, 6) is 1.15. The summed E-state index contributed by atoms with van der Waals surface area (Å²) >= 11 is 1.96. The fourth-order valence-corrected chi connectivity index (χ4v) is 3.63. The Bertz CT molecular complexity index is 737. The van der Waals surface area contributed by atoms with Gasteiger partial charge in [0.2, 0.25) is 0 Å². The average molecular weight is 347 g/mol. The number of thioether (sulfide) groups is 1. The summed E-state index contributed by atoms with van der Waals surface area (Å²) in [6.45, 7) is 1.14. The second-order valence-electron chi connectivity index (χ2n) is 5.72. The molecule has 0 amide bonds. The third-order valence-electron chi connectivity index (χ3n) is 3.72. The van der Waals surface area contributed by atoms with Crippen molar-refractivity contribution in [3.8, 4) is 5.69 Å². The molecule has 3 aromatic rings. The standard InChI is InChI=1S/C19H22N2S.ClH/c1-20(2)13-8-14-22-19-15-21(16-9-4-3-5-10-16)18-12-7-6-11-17(18)19;/h3-7,9-12,15H,8,13-14H2,1-2H3;1H. The van der Waals surface area contributed by atoms with Crippen molar-refractivity contribution >= 4 is 35.1 Å². The topological polar surface area (TPSA) is 8.17 Å². The first-order valence-corrected chi connectivity index (χ1v) is 8.67. The van der Waals surface area contributed by atoms with Crippen molar-refractivity contribution in [3.05, 3.63) is 60.8 Å². The fourth-order valence-electron chi connectivity index (χ4n) is 2.63. The fraction of sp³-hybridized carbons (Fsp3) is 0.263. The molecule has 0 aliphatic carbocycles. The molecular weight excluding hydrogens is 324 g/mol. The van der Waals surface area contributed by atoms with E-state index in [-0.39, 0.29) is 12.4 Å². The van der Waals surface area contributed by atoms with Crippen molar-refractivity contribution in [3.63, 3.8) is 0 Å². The Morgan fingerprint density at radius 3 is 2.39 bits per heavy atom. The number of aromatic nitrogens is 1. The third-order valence-corrected chi connectivity index (χ3v) is 4.85. The van der Waals surface area contributed by atoms with Crippen molar-refractivity contribution < 1.29 is 0 Å². The predicted molar refractivity (Wildman–Crippen MR) is 104 cm³/mol. The van der Waals surface area contributed by atoms with Crippen LogP contribution in [0.15, 0.2) is 65.7 Å². The molecular formula is C19H23ClN2S. The summed E-state index contributed by atoms with van der Waals surface area (Å²) in [4.78, 5) is 3.62. The van der Waals surface area contributed by atoms with Gasteiger partial charge >= 0.3 is 0 Å². The van der Waals surface area contributed by atoms with Gasteiger partial charge in [-0.2, -0.15) is 0 Å². The van der Waals surface area contributed by atoms with E-state index < -0.39 is 0 Å². The van der Waals surface area contributed by atoms with Gasteiger partial charge in [0, 0.05) is 22.2 Å². The summed E-state index contributed by atoms with van der Waals surface area (Å²) in [6.07, 6.45) is 3.49. The van der Waals surface area contributed by atoms with E-state index in [0.29, 0.717) is 0 Å². The second kappa shape index (κ2) is 8.44. The van der Waals surface area contributed by atoms with Crippen molar-refractivity contribution in [1.29, 1.82) is 0 Å². The maximum atomic E-state index is 2.30. The average Bonchev–Trinajstić information content (AvgIpc) is 2.91. The number of para-hydroxylation sites is 2. The van der Waals surface area contributed by atoms with Gasteiger partial charge in [-0.15, -0.1) is 24.2 Å². The predicted octanol–water partition coefficient (Wildman–Crippen LogP) is 5.10. The lowest BCUT2D eigenvalue weighted by molar-refractivity contribution is 0.410. The Morgan fingerprint density at radius 2 is 1.65 bits per heavy atom. The van der Waals surface area contributed by atoms with Gasteiger partial charge in [0.1, 0.15) is 0 Å². The highest BCUT2D eigenvalue weighted by atomic mass is 35.5. The number of hydrogen-bond acceptors (Lipinski definition) is 2. The highest BCUT2D eigenvalue weighted by Crippen LogP contribution is 2.32. The molecule has 0 spiro atoms. The molecule has 1 heterocycles. The van der Waals surface area contributed by atoms with Crippen LogP contribution in [-0.4, -0.2) is 35.9 Å². The van der Waals surface area contributed by atoms with E-state index >= 15 is 0 Å². The Hall–Kier alpha value is -1.42. The minimum absolute atomic E-state index is 0. The van der Waals surface area contributed by atoms with Gasteiger partial charge in [-0.05, 0) is 51.0 Å². The first-order valence-electron chi connectivity index (χ1n) is 7.69. The molecule has 23 heavy (non-hydrogen) atoms. The van der Waals surface area contributed by atoms with Crippen LogP contribution in [0.25, 0.3) is 16.6 Å². The largest absolute Gasteiger partial charge is 0.315 e. The molecule has 2 nitrogen and oxygen atoms in total. The molecule has 4 heteroatoms. The van der Waals surface area contributed by atoms with Crippen LogP contribution in [0.3, 0.4) is 0 Å². The van der Waals surface area contributed by atoms with Gasteiger partial charge in [0.15, 0.2) is 0 Å². The number of benzene rings is 2. The molecule has 1 aromatic heterocycles. The van der Waals surface area contributed by atoms with Gasteiger partial charge in [0.05, 0.1) is 5.52 Å². The molecule has 0 aliphatic heterocycles. The Morgan fingerprint density at radius 1 is 0.957 bits per heavy atom. The maximum Gasteiger partial charge on any atom is 0.0540 e. The number of halogens is 1. The van der Waals surface area contributed by atoms with E-state index in [1.54, 1.807) is 0 Å². The highest BCUT2D eigenvalue weighted by Gasteiger charge is 2.09. The smallest absolute Gasteiger partial charge is 0.0540 e. The Labute approximate surface area is 148 Å². The normalized spacial score (nSPS) is 10.9. The van der Waals surface area contributed by atoms with Crippen LogP contribution in [-0.2, 0) is 0 Å². The molecule has 0 radical (unpaired) electrons. The first-order chi connectivity index (χ1) is 10.8. The molecule has 0 aliphatic rings. The molecule has 0 saturated heterocycles. The SMILES string of the molecule is CN(C)CCCSc1cn(-c2ccccc2)c2ccccc12.Cl. The van der Waals surface area contributed by atoms with E-state index in [1.165, 1.54) is 27.9 Å². The third kappa shape index (κ3) is 4.31. The van der Waals surface area contributed by atoms with E-state index in [1.807, 2.05) is 11.8 Å². The Balaban J connectivity index is 0.00000192. The molecule has 122 valence electrons. The van der Waals surface area contributed by atoms with Crippen molar-refractivity contribution in [2.75, 3.05) is 26.4 Å². The maximum absolute atomic E-state index is 2.30. The van der Waals surface area contributed by atoms with Gasteiger partial charge in [-0.1, -0.05) is 36.4 Å². The first kappa shape index (κ1) is 17.9. The van der Waals surface area contributed by atoms with Crippen LogP contribution in [0.1, 0.15) is 6.42 Å². The molecule has 2 aromatic carbocycles. The zero-order valence-corrected chi connectivity index (χ0v) is 15.2. The van der Waals surface area contributed by atoms with Crippen LogP contribution in [0.5, 0.6) is 0 Å². The van der Waals surface area contributed by atoms with Crippen molar-refractivity contribution in [2.24, 2.45) is 0 Å².